The minimum absolute atomic E-state index is 0.125. The molecule has 0 saturated carbocycles. The molecule has 2 heterocycles. The van der Waals surface area contributed by atoms with Gasteiger partial charge in [-0.3, -0.25) is 4.90 Å². The van der Waals surface area contributed by atoms with Crippen molar-refractivity contribution in [2.45, 2.75) is 32.4 Å². The number of methoxy groups -OCH3 is 1. The average Bonchev–Trinajstić information content (AvgIpc) is 3.41. The highest BCUT2D eigenvalue weighted by Crippen LogP contribution is 2.27. The Morgan fingerprint density at radius 2 is 2.11 bits per heavy atom. The van der Waals surface area contributed by atoms with Crippen molar-refractivity contribution >= 4 is 5.96 Å². The maximum Gasteiger partial charge on any atom is 0.191 e. The van der Waals surface area contributed by atoms with Gasteiger partial charge in [-0.2, -0.15) is 0 Å². The van der Waals surface area contributed by atoms with Crippen LogP contribution in [0.2, 0.25) is 0 Å². The van der Waals surface area contributed by atoms with E-state index in [2.05, 4.69) is 20.5 Å². The molecule has 1 atom stereocenters. The SMILES string of the molecule is CCNC(=NCc1ccc(OC)c(O)c1)NCC(c1ccco1)N1CCCC1. The van der Waals surface area contributed by atoms with Crippen LogP contribution in [0.5, 0.6) is 11.5 Å². The Morgan fingerprint density at radius 3 is 2.75 bits per heavy atom. The highest BCUT2D eigenvalue weighted by molar-refractivity contribution is 5.79. The molecule has 7 nitrogen and oxygen atoms in total. The number of furan rings is 1. The number of hydrogen-bond acceptors (Lipinski definition) is 5. The van der Waals surface area contributed by atoms with Crippen molar-refractivity contribution in [1.82, 2.24) is 15.5 Å². The Bertz CT molecular complexity index is 755. The average molecular weight is 386 g/mol. The predicted octanol–water partition coefficient (Wildman–Crippen LogP) is 2.89. The lowest BCUT2D eigenvalue weighted by atomic mass is 10.2. The van der Waals surface area contributed by atoms with Crippen molar-refractivity contribution in [2.75, 3.05) is 33.3 Å². The molecular weight excluding hydrogens is 356 g/mol. The Balaban J connectivity index is 1.65. The van der Waals surface area contributed by atoms with Crippen molar-refractivity contribution in [3.8, 4) is 11.5 Å². The number of rotatable bonds is 8. The van der Waals surface area contributed by atoms with E-state index in [-0.39, 0.29) is 11.8 Å². The van der Waals surface area contributed by atoms with Gasteiger partial charge >= 0.3 is 0 Å². The lowest BCUT2D eigenvalue weighted by Gasteiger charge is -2.26. The molecule has 1 unspecified atom stereocenters. The van der Waals surface area contributed by atoms with Crippen LogP contribution in [0.1, 0.15) is 37.1 Å². The molecule has 2 aromatic rings. The highest BCUT2D eigenvalue weighted by atomic mass is 16.5. The first-order valence-electron chi connectivity index (χ1n) is 9.86. The molecule has 1 aliphatic heterocycles. The quantitative estimate of drug-likeness (QED) is 0.478. The number of aromatic hydroxyl groups is 1. The van der Waals surface area contributed by atoms with E-state index in [0.29, 0.717) is 18.8 Å². The van der Waals surface area contributed by atoms with Crippen LogP contribution >= 0.6 is 0 Å². The lowest BCUT2D eigenvalue weighted by molar-refractivity contribution is 0.215. The molecule has 1 aliphatic rings. The first kappa shape index (κ1) is 20.1. The molecule has 0 amide bonds. The zero-order chi connectivity index (χ0) is 19.8. The zero-order valence-corrected chi connectivity index (χ0v) is 16.6. The summed E-state index contributed by atoms with van der Waals surface area (Å²) in [4.78, 5) is 7.11. The summed E-state index contributed by atoms with van der Waals surface area (Å²) in [6.45, 7) is 6.17. The second-order valence-corrected chi connectivity index (χ2v) is 6.86. The summed E-state index contributed by atoms with van der Waals surface area (Å²) in [6.07, 6.45) is 4.19. The van der Waals surface area contributed by atoms with Gasteiger partial charge in [0.05, 0.1) is 26.0 Å². The van der Waals surface area contributed by atoms with E-state index in [4.69, 9.17) is 9.15 Å². The van der Waals surface area contributed by atoms with Gasteiger partial charge in [-0.25, -0.2) is 4.99 Å². The van der Waals surface area contributed by atoms with Crippen LogP contribution in [0.3, 0.4) is 0 Å². The standard InChI is InChI=1S/C21H30N4O3/c1-3-22-21(23-14-16-8-9-20(27-2)18(26)13-16)24-15-17(19-7-6-12-28-19)25-10-4-5-11-25/h6-9,12-13,17,26H,3-5,10-11,14-15H2,1-2H3,(H2,22,23,24). The summed E-state index contributed by atoms with van der Waals surface area (Å²) in [7, 11) is 1.54. The molecular formula is C21H30N4O3. The maximum atomic E-state index is 9.94. The molecule has 0 aliphatic carbocycles. The van der Waals surface area contributed by atoms with Gasteiger partial charge in [0.25, 0.3) is 0 Å². The zero-order valence-electron chi connectivity index (χ0n) is 16.6. The normalized spacial score (nSPS) is 16.1. The Kier molecular flexibility index (Phi) is 7.19. The molecule has 152 valence electrons. The molecule has 7 heteroatoms. The van der Waals surface area contributed by atoms with E-state index in [1.807, 2.05) is 25.1 Å². The predicted molar refractivity (Wildman–Crippen MR) is 110 cm³/mol. The Morgan fingerprint density at radius 1 is 1.29 bits per heavy atom. The van der Waals surface area contributed by atoms with E-state index >= 15 is 0 Å². The summed E-state index contributed by atoms with van der Waals surface area (Å²) in [5, 5.41) is 16.7. The molecule has 1 saturated heterocycles. The largest absolute Gasteiger partial charge is 0.504 e. The third-order valence-electron chi connectivity index (χ3n) is 4.92. The summed E-state index contributed by atoms with van der Waals surface area (Å²) in [5.74, 6) is 2.31. The monoisotopic (exact) mass is 386 g/mol. The molecule has 28 heavy (non-hydrogen) atoms. The smallest absolute Gasteiger partial charge is 0.191 e. The number of hydrogen-bond donors (Lipinski definition) is 3. The van der Waals surface area contributed by atoms with E-state index < -0.39 is 0 Å². The highest BCUT2D eigenvalue weighted by Gasteiger charge is 2.25. The molecule has 0 radical (unpaired) electrons. The van der Waals surface area contributed by atoms with Crippen molar-refractivity contribution in [2.24, 2.45) is 4.99 Å². The first-order chi connectivity index (χ1) is 13.7. The number of nitrogens with one attached hydrogen (secondary N) is 2. The van der Waals surface area contributed by atoms with Gasteiger partial charge in [0.1, 0.15) is 5.76 Å². The van der Waals surface area contributed by atoms with Gasteiger partial charge in [-0.1, -0.05) is 6.07 Å². The molecule has 3 rings (SSSR count). The topological polar surface area (TPSA) is 82.3 Å². The van der Waals surface area contributed by atoms with Gasteiger partial charge in [-0.05, 0) is 62.7 Å². The van der Waals surface area contributed by atoms with Gasteiger partial charge in [0.15, 0.2) is 17.5 Å². The second-order valence-electron chi connectivity index (χ2n) is 6.86. The number of benzene rings is 1. The lowest BCUT2D eigenvalue weighted by Crippen LogP contribution is -2.42. The first-order valence-corrected chi connectivity index (χ1v) is 9.86. The summed E-state index contributed by atoms with van der Waals surface area (Å²) in [5.41, 5.74) is 0.914. The number of nitrogens with zero attached hydrogens (tertiary/aromatic N) is 2. The Hall–Kier alpha value is -2.67. The molecule has 1 fully saturated rings. The number of aliphatic imine (C=N–C) groups is 1. The van der Waals surface area contributed by atoms with Crippen molar-refractivity contribution in [1.29, 1.82) is 0 Å². The van der Waals surface area contributed by atoms with E-state index in [1.54, 1.807) is 18.4 Å². The van der Waals surface area contributed by atoms with Crippen LogP contribution < -0.4 is 15.4 Å². The van der Waals surface area contributed by atoms with Gasteiger partial charge in [0, 0.05) is 13.1 Å². The third kappa shape index (κ3) is 5.19. The van der Waals surface area contributed by atoms with Crippen LogP contribution in [-0.2, 0) is 6.54 Å². The van der Waals surface area contributed by atoms with E-state index in [9.17, 15) is 5.11 Å². The maximum absolute atomic E-state index is 9.94. The van der Waals surface area contributed by atoms with Crippen LogP contribution in [0.25, 0.3) is 0 Å². The van der Waals surface area contributed by atoms with Crippen molar-refractivity contribution in [3.63, 3.8) is 0 Å². The molecule has 1 aromatic heterocycles. The van der Waals surface area contributed by atoms with E-state index in [1.165, 1.54) is 20.0 Å². The van der Waals surface area contributed by atoms with Crippen LogP contribution in [0.15, 0.2) is 46.0 Å². The van der Waals surface area contributed by atoms with Crippen LogP contribution in [-0.4, -0.2) is 49.3 Å². The molecule has 0 spiro atoms. The number of ether oxygens (including phenoxy) is 1. The molecule has 0 bridgehead atoms. The fraction of sp³-hybridized carbons (Fsp3) is 0.476. The van der Waals surface area contributed by atoms with Crippen LogP contribution in [0.4, 0.5) is 0 Å². The second kappa shape index (κ2) is 10.0. The third-order valence-corrected chi connectivity index (χ3v) is 4.92. The van der Waals surface area contributed by atoms with Gasteiger partial charge in [-0.15, -0.1) is 0 Å². The van der Waals surface area contributed by atoms with Gasteiger partial charge in [0.2, 0.25) is 0 Å². The number of guanidine groups is 1. The molecule has 3 N–H and O–H groups in total. The summed E-state index contributed by atoms with van der Waals surface area (Å²) in [6, 6.07) is 9.50. The summed E-state index contributed by atoms with van der Waals surface area (Å²) < 4.78 is 10.8. The van der Waals surface area contributed by atoms with Crippen molar-refractivity contribution in [3.05, 3.63) is 47.9 Å². The minimum atomic E-state index is 0.125. The number of likely N-dealkylation sites (tertiary alicyclic amines) is 1. The molecule has 1 aromatic carbocycles. The van der Waals surface area contributed by atoms with Gasteiger partial charge < -0.3 is 24.9 Å². The fourth-order valence-electron chi connectivity index (χ4n) is 3.48. The summed E-state index contributed by atoms with van der Waals surface area (Å²) >= 11 is 0. The fourth-order valence-corrected chi connectivity index (χ4v) is 3.48. The van der Waals surface area contributed by atoms with E-state index in [0.717, 1.165) is 36.9 Å². The minimum Gasteiger partial charge on any atom is -0.504 e. The number of phenols is 1. The van der Waals surface area contributed by atoms with Crippen LogP contribution in [0, 0.1) is 0 Å². The Labute approximate surface area is 166 Å². The number of phenolic OH excluding ortho intramolecular Hbond substituents is 1. The van der Waals surface area contributed by atoms with Crippen molar-refractivity contribution < 1.29 is 14.3 Å².